The van der Waals surface area contributed by atoms with Gasteiger partial charge in [0, 0.05) is 31.7 Å². The van der Waals surface area contributed by atoms with Gasteiger partial charge in [-0.15, -0.1) is 12.4 Å². The van der Waals surface area contributed by atoms with Crippen molar-refractivity contribution in [1.29, 1.82) is 0 Å². The Hall–Kier alpha value is -2.96. The quantitative estimate of drug-likeness (QED) is 0.437. The number of fused-ring (bicyclic) bond motifs is 3. The lowest BCUT2D eigenvalue weighted by molar-refractivity contribution is 0.0695. The molecule has 6 rings (SSSR count). The molecule has 1 amide bonds. The first-order valence-electron chi connectivity index (χ1n) is 13.2. The number of halogens is 1. The van der Waals surface area contributed by atoms with E-state index in [0.29, 0.717) is 11.7 Å². The molecular formula is C30H35ClN2O4. The van der Waals surface area contributed by atoms with Crippen LogP contribution in [0, 0.1) is 5.92 Å². The van der Waals surface area contributed by atoms with Gasteiger partial charge in [-0.3, -0.25) is 4.79 Å². The minimum atomic E-state index is 0. The van der Waals surface area contributed by atoms with Gasteiger partial charge in [-0.1, -0.05) is 30.7 Å². The van der Waals surface area contributed by atoms with Crippen molar-refractivity contribution in [2.75, 3.05) is 46.6 Å². The van der Waals surface area contributed by atoms with Crippen molar-refractivity contribution in [2.24, 2.45) is 5.92 Å². The van der Waals surface area contributed by atoms with Crippen LogP contribution < -0.4 is 14.2 Å². The normalized spacial score (nSPS) is 19.3. The highest BCUT2D eigenvalue weighted by Crippen LogP contribution is 2.37. The summed E-state index contributed by atoms with van der Waals surface area (Å²) in [5, 5.41) is 2.47. The Balaban J connectivity index is 0.00000280. The summed E-state index contributed by atoms with van der Waals surface area (Å²) in [6, 6.07) is 16.9. The molecule has 7 heteroatoms. The molecule has 3 aromatic rings. The maximum atomic E-state index is 13.3. The fourth-order valence-electron chi connectivity index (χ4n) is 5.91. The Morgan fingerprint density at radius 2 is 1.78 bits per heavy atom. The standard InChI is InChI=1S/C30H34N2O4.ClH/c1-34-26-8-7-23-14-21(5-6-24(23)15-26)9-12-31-11-3-2-4-22(18-31)19-32-13-10-25-16-28-29(36-20-35-28)17-27(25)30(32)33;/h5-8,14-17,22H,2-4,9-13,18-20H2,1H3;1H. The van der Waals surface area contributed by atoms with E-state index in [1.807, 2.05) is 18.2 Å². The second kappa shape index (κ2) is 11.2. The van der Waals surface area contributed by atoms with Crippen molar-refractivity contribution in [2.45, 2.75) is 32.1 Å². The van der Waals surface area contributed by atoms with Crippen LogP contribution in [0.4, 0.5) is 0 Å². The summed E-state index contributed by atoms with van der Waals surface area (Å²) in [4.78, 5) is 18.0. The highest BCUT2D eigenvalue weighted by molar-refractivity contribution is 5.97. The number of amides is 1. The number of hydrogen-bond acceptors (Lipinski definition) is 5. The van der Waals surface area contributed by atoms with Gasteiger partial charge < -0.3 is 24.0 Å². The first kappa shape index (κ1) is 25.7. The van der Waals surface area contributed by atoms with Crippen molar-refractivity contribution < 1.29 is 19.0 Å². The topological polar surface area (TPSA) is 51.2 Å². The molecule has 0 aliphatic carbocycles. The zero-order chi connectivity index (χ0) is 24.5. The van der Waals surface area contributed by atoms with Crippen molar-refractivity contribution in [3.8, 4) is 17.2 Å². The van der Waals surface area contributed by atoms with Crippen LogP contribution in [0.1, 0.15) is 40.7 Å². The van der Waals surface area contributed by atoms with Gasteiger partial charge >= 0.3 is 0 Å². The Morgan fingerprint density at radius 3 is 2.65 bits per heavy atom. The fourth-order valence-corrected chi connectivity index (χ4v) is 5.91. The summed E-state index contributed by atoms with van der Waals surface area (Å²) >= 11 is 0. The van der Waals surface area contributed by atoms with Crippen LogP contribution in [0.25, 0.3) is 10.8 Å². The fraction of sp³-hybridized carbons (Fsp3) is 0.433. The van der Waals surface area contributed by atoms with Crippen molar-refractivity contribution in [1.82, 2.24) is 9.80 Å². The first-order chi connectivity index (χ1) is 17.7. The molecule has 3 aliphatic rings. The van der Waals surface area contributed by atoms with E-state index < -0.39 is 0 Å². The molecule has 0 radical (unpaired) electrons. The SMILES string of the molecule is COc1ccc2cc(CCN3CCCCC(CN4CCc5cc6c(cc5C4=O)OCO6)C3)ccc2c1.Cl. The van der Waals surface area contributed by atoms with E-state index in [2.05, 4.69) is 40.1 Å². The van der Waals surface area contributed by atoms with E-state index in [9.17, 15) is 4.79 Å². The number of carbonyl (C=O) groups excluding carboxylic acids is 1. The van der Waals surface area contributed by atoms with Gasteiger partial charge in [-0.05, 0) is 84.3 Å². The third-order valence-electron chi connectivity index (χ3n) is 7.93. The van der Waals surface area contributed by atoms with Crippen LogP contribution in [0.15, 0.2) is 48.5 Å². The molecule has 0 aromatic heterocycles. The number of ether oxygens (including phenoxy) is 3. The summed E-state index contributed by atoms with van der Waals surface area (Å²) < 4.78 is 16.4. The lowest BCUT2D eigenvalue weighted by atomic mass is 9.95. The molecule has 1 fully saturated rings. The van der Waals surface area contributed by atoms with Gasteiger partial charge in [0.2, 0.25) is 6.79 Å². The molecule has 37 heavy (non-hydrogen) atoms. The van der Waals surface area contributed by atoms with Gasteiger partial charge in [-0.25, -0.2) is 0 Å². The van der Waals surface area contributed by atoms with Gasteiger partial charge in [0.1, 0.15) is 5.75 Å². The van der Waals surface area contributed by atoms with Crippen molar-refractivity contribution in [3.63, 3.8) is 0 Å². The molecule has 196 valence electrons. The summed E-state index contributed by atoms with van der Waals surface area (Å²) in [7, 11) is 1.71. The molecule has 0 spiro atoms. The second-order valence-electron chi connectivity index (χ2n) is 10.3. The minimum absolute atomic E-state index is 0. The zero-order valence-corrected chi connectivity index (χ0v) is 22.2. The molecule has 1 atom stereocenters. The van der Waals surface area contributed by atoms with E-state index in [1.54, 1.807) is 7.11 Å². The molecule has 1 unspecified atom stereocenters. The minimum Gasteiger partial charge on any atom is -0.497 e. The number of rotatable bonds is 6. The Labute approximate surface area is 224 Å². The Bertz CT molecular complexity index is 1280. The van der Waals surface area contributed by atoms with Gasteiger partial charge in [-0.2, -0.15) is 0 Å². The van der Waals surface area contributed by atoms with Crippen LogP contribution >= 0.6 is 12.4 Å². The summed E-state index contributed by atoms with van der Waals surface area (Å²) in [6.07, 6.45) is 5.57. The zero-order valence-electron chi connectivity index (χ0n) is 21.4. The smallest absolute Gasteiger partial charge is 0.254 e. The number of likely N-dealkylation sites (tertiary alicyclic amines) is 1. The lowest BCUT2D eigenvalue weighted by Gasteiger charge is -2.33. The second-order valence-corrected chi connectivity index (χ2v) is 10.3. The summed E-state index contributed by atoms with van der Waals surface area (Å²) in [6.45, 7) is 5.11. The third kappa shape index (κ3) is 5.51. The van der Waals surface area contributed by atoms with Crippen molar-refractivity contribution >= 4 is 29.1 Å². The number of benzene rings is 3. The van der Waals surface area contributed by atoms with E-state index >= 15 is 0 Å². The maximum absolute atomic E-state index is 13.3. The van der Waals surface area contributed by atoms with Gasteiger partial charge in [0.15, 0.2) is 11.5 Å². The van der Waals surface area contributed by atoms with E-state index in [-0.39, 0.29) is 25.1 Å². The predicted octanol–water partition coefficient (Wildman–Crippen LogP) is 5.34. The van der Waals surface area contributed by atoms with Crippen LogP contribution in [-0.2, 0) is 12.8 Å². The molecule has 0 saturated carbocycles. The lowest BCUT2D eigenvalue weighted by Crippen LogP contribution is -2.43. The van der Waals surface area contributed by atoms with E-state index in [0.717, 1.165) is 68.2 Å². The van der Waals surface area contributed by atoms with Crippen LogP contribution in [-0.4, -0.2) is 62.3 Å². The summed E-state index contributed by atoms with van der Waals surface area (Å²) in [5.41, 5.74) is 3.23. The van der Waals surface area contributed by atoms with E-state index in [4.69, 9.17) is 14.2 Å². The highest BCUT2D eigenvalue weighted by atomic mass is 35.5. The number of carbonyl (C=O) groups is 1. The third-order valence-corrected chi connectivity index (χ3v) is 7.93. The monoisotopic (exact) mass is 522 g/mol. The molecule has 3 heterocycles. The van der Waals surface area contributed by atoms with Gasteiger partial charge in [0.05, 0.1) is 7.11 Å². The molecule has 0 bridgehead atoms. The number of methoxy groups -OCH3 is 1. The number of hydrogen-bond donors (Lipinski definition) is 0. The van der Waals surface area contributed by atoms with Crippen LogP contribution in [0.5, 0.6) is 17.2 Å². The Kier molecular flexibility index (Phi) is 7.77. The molecule has 6 nitrogen and oxygen atoms in total. The van der Waals surface area contributed by atoms with Crippen LogP contribution in [0.3, 0.4) is 0 Å². The first-order valence-corrected chi connectivity index (χ1v) is 13.2. The van der Waals surface area contributed by atoms with Crippen molar-refractivity contribution in [3.05, 3.63) is 65.2 Å². The van der Waals surface area contributed by atoms with E-state index in [1.165, 1.54) is 35.6 Å². The molecule has 3 aliphatic heterocycles. The Morgan fingerprint density at radius 1 is 0.973 bits per heavy atom. The molecule has 1 saturated heterocycles. The maximum Gasteiger partial charge on any atom is 0.254 e. The molecule has 0 N–H and O–H groups in total. The average Bonchev–Trinajstić information content (AvgIpc) is 3.25. The largest absolute Gasteiger partial charge is 0.497 e. The molecule has 3 aromatic carbocycles. The van der Waals surface area contributed by atoms with Crippen LogP contribution in [0.2, 0.25) is 0 Å². The predicted molar refractivity (Wildman–Crippen MR) is 147 cm³/mol. The average molecular weight is 523 g/mol. The molecular weight excluding hydrogens is 488 g/mol. The van der Waals surface area contributed by atoms with Gasteiger partial charge in [0.25, 0.3) is 5.91 Å². The highest BCUT2D eigenvalue weighted by Gasteiger charge is 2.30. The summed E-state index contributed by atoms with van der Waals surface area (Å²) in [5.74, 6) is 3.00. The number of nitrogens with zero attached hydrogens (tertiary/aromatic N) is 2.